The Balaban J connectivity index is 1.61. The average molecular weight is 366 g/mol. The summed E-state index contributed by atoms with van der Waals surface area (Å²) in [7, 11) is 0. The van der Waals surface area contributed by atoms with Gasteiger partial charge in [0.1, 0.15) is 5.76 Å². The number of likely N-dealkylation sites (tertiary alicyclic amines) is 1. The van der Waals surface area contributed by atoms with Crippen LogP contribution in [0.2, 0.25) is 0 Å². The number of piperidine rings is 1. The maximum absolute atomic E-state index is 11.3. The molecule has 1 N–H and O–H groups in total. The number of hydrogen-bond donors (Lipinski definition) is 1. The number of hydrogen-bond acceptors (Lipinski definition) is 6. The molecule has 7 heteroatoms. The normalized spacial score (nSPS) is 16.3. The molecular formula is C20H22N4O3. The van der Waals surface area contributed by atoms with E-state index in [2.05, 4.69) is 15.2 Å². The largest absolute Gasteiger partial charge is 0.468 e. The van der Waals surface area contributed by atoms with Gasteiger partial charge in [-0.2, -0.15) is 0 Å². The molecule has 0 spiro atoms. The van der Waals surface area contributed by atoms with E-state index < -0.39 is 0 Å². The standard InChI is InChI=1S/C20H22N4O3/c25-24(26)18-7-6-17(15-8-9-21-13-16(15)18)22-14-19(20-5-4-12-27-20)23-10-2-1-3-11-23/h4-9,12-13,19,22H,1-3,10-11,14H2. The van der Waals surface area contributed by atoms with Gasteiger partial charge in [-0.25, -0.2) is 0 Å². The van der Waals surface area contributed by atoms with Crippen molar-refractivity contribution >= 4 is 22.1 Å². The van der Waals surface area contributed by atoms with E-state index in [9.17, 15) is 10.1 Å². The summed E-state index contributed by atoms with van der Waals surface area (Å²) >= 11 is 0. The van der Waals surface area contributed by atoms with Gasteiger partial charge in [0.25, 0.3) is 5.69 Å². The molecule has 1 unspecified atom stereocenters. The van der Waals surface area contributed by atoms with Gasteiger partial charge in [-0.1, -0.05) is 6.42 Å². The molecule has 0 saturated carbocycles. The van der Waals surface area contributed by atoms with Crippen LogP contribution >= 0.6 is 0 Å². The molecule has 0 radical (unpaired) electrons. The minimum Gasteiger partial charge on any atom is -0.468 e. The number of benzene rings is 1. The van der Waals surface area contributed by atoms with Gasteiger partial charge in [0, 0.05) is 36.1 Å². The summed E-state index contributed by atoms with van der Waals surface area (Å²) in [6.07, 6.45) is 8.58. The molecular weight excluding hydrogens is 344 g/mol. The third kappa shape index (κ3) is 3.64. The molecule has 4 rings (SSSR count). The molecule has 1 aromatic carbocycles. The first-order valence-corrected chi connectivity index (χ1v) is 9.26. The van der Waals surface area contributed by atoms with Crippen LogP contribution in [0.1, 0.15) is 31.1 Å². The van der Waals surface area contributed by atoms with Crippen molar-refractivity contribution in [3.8, 4) is 0 Å². The summed E-state index contributed by atoms with van der Waals surface area (Å²) in [5, 5.41) is 16.1. The second-order valence-corrected chi connectivity index (χ2v) is 6.82. The minimum atomic E-state index is -0.368. The maximum Gasteiger partial charge on any atom is 0.278 e. The van der Waals surface area contributed by atoms with Gasteiger partial charge in [-0.05, 0) is 50.2 Å². The second kappa shape index (κ2) is 7.75. The van der Waals surface area contributed by atoms with Gasteiger partial charge >= 0.3 is 0 Å². The molecule has 0 amide bonds. The smallest absolute Gasteiger partial charge is 0.278 e. The molecule has 140 valence electrons. The fourth-order valence-electron chi connectivity index (χ4n) is 3.82. The van der Waals surface area contributed by atoms with E-state index in [0.29, 0.717) is 11.9 Å². The number of anilines is 1. The lowest BCUT2D eigenvalue weighted by Gasteiger charge is -2.33. The topological polar surface area (TPSA) is 84.4 Å². The summed E-state index contributed by atoms with van der Waals surface area (Å²) in [4.78, 5) is 17.4. The molecule has 1 aliphatic rings. The summed E-state index contributed by atoms with van der Waals surface area (Å²) in [6, 6.07) is 9.18. The van der Waals surface area contributed by atoms with Crippen LogP contribution < -0.4 is 5.32 Å². The highest BCUT2D eigenvalue weighted by Crippen LogP contribution is 2.32. The summed E-state index contributed by atoms with van der Waals surface area (Å²) in [5.74, 6) is 0.942. The molecule has 2 aromatic heterocycles. The lowest BCUT2D eigenvalue weighted by Crippen LogP contribution is -2.37. The fourth-order valence-corrected chi connectivity index (χ4v) is 3.82. The van der Waals surface area contributed by atoms with Crippen LogP contribution in [0, 0.1) is 10.1 Å². The van der Waals surface area contributed by atoms with E-state index in [4.69, 9.17) is 4.42 Å². The summed E-state index contributed by atoms with van der Waals surface area (Å²) in [6.45, 7) is 2.78. The highest BCUT2D eigenvalue weighted by atomic mass is 16.6. The second-order valence-electron chi connectivity index (χ2n) is 6.82. The maximum atomic E-state index is 11.3. The first-order valence-electron chi connectivity index (χ1n) is 9.26. The highest BCUT2D eigenvalue weighted by Gasteiger charge is 2.24. The zero-order chi connectivity index (χ0) is 18.6. The number of pyridine rings is 1. The Bertz CT molecular complexity index is 920. The van der Waals surface area contributed by atoms with Gasteiger partial charge in [0.05, 0.1) is 22.6 Å². The molecule has 27 heavy (non-hydrogen) atoms. The number of nitro groups is 1. The number of nitrogens with one attached hydrogen (secondary N) is 1. The van der Waals surface area contributed by atoms with Crippen molar-refractivity contribution in [1.82, 2.24) is 9.88 Å². The van der Waals surface area contributed by atoms with Crippen molar-refractivity contribution in [3.05, 3.63) is 64.9 Å². The van der Waals surface area contributed by atoms with E-state index >= 15 is 0 Å². The molecule has 1 aliphatic heterocycles. The van der Waals surface area contributed by atoms with Crippen LogP contribution in [0.15, 0.2) is 53.4 Å². The van der Waals surface area contributed by atoms with Crippen molar-refractivity contribution in [2.45, 2.75) is 25.3 Å². The highest BCUT2D eigenvalue weighted by molar-refractivity contribution is 5.99. The molecule has 0 aliphatic carbocycles. The van der Waals surface area contributed by atoms with Gasteiger partial charge < -0.3 is 9.73 Å². The number of fused-ring (bicyclic) bond motifs is 1. The molecule has 1 saturated heterocycles. The van der Waals surface area contributed by atoms with Crippen LogP contribution in [0.25, 0.3) is 10.8 Å². The Morgan fingerprint density at radius 1 is 1.19 bits per heavy atom. The Labute approximate surface area is 157 Å². The van der Waals surface area contributed by atoms with Crippen molar-refractivity contribution < 1.29 is 9.34 Å². The van der Waals surface area contributed by atoms with Crippen molar-refractivity contribution in [1.29, 1.82) is 0 Å². The number of furan rings is 1. The number of non-ortho nitro benzene ring substituents is 1. The van der Waals surface area contributed by atoms with Crippen LogP contribution in [-0.2, 0) is 0 Å². The Morgan fingerprint density at radius 2 is 2.04 bits per heavy atom. The zero-order valence-electron chi connectivity index (χ0n) is 15.0. The van der Waals surface area contributed by atoms with E-state index in [1.165, 1.54) is 25.3 Å². The van der Waals surface area contributed by atoms with Gasteiger partial charge in [-0.15, -0.1) is 0 Å². The number of aromatic nitrogens is 1. The molecule has 3 aromatic rings. The van der Waals surface area contributed by atoms with Crippen molar-refractivity contribution in [2.24, 2.45) is 0 Å². The lowest BCUT2D eigenvalue weighted by molar-refractivity contribution is -0.383. The van der Waals surface area contributed by atoms with E-state index in [1.807, 2.05) is 18.2 Å². The monoisotopic (exact) mass is 366 g/mol. The average Bonchev–Trinajstić information content (AvgIpc) is 3.23. The summed E-state index contributed by atoms with van der Waals surface area (Å²) in [5.41, 5.74) is 0.939. The first kappa shape index (κ1) is 17.5. The van der Waals surface area contributed by atoms with Crippen molar-refractivity contribution in [3.63, 3.8) is 0 Å². The fraction of sp³-hybridized carbons (Fsp3) is 0.350. The van der Waals surface area contributed by atoms with Crippen molar-refractivity contribution in [2.75, 3.05) is 25.0 Å². The molecule has 1 fully saturated rings. The minimum absolute atomic E-state index is 0.0715. The zero-order valence-corrected chi connectivity index (χ0v) is 15.0. The Kier molecular flexibility index (Phi) is 5.02. The third-order valence-corrected chi connectivity index (χ3v) is 5.18. The molecule has 3 heterocycles. The number of nitro benzene ring substituents is 1. The lowest BCUT2D eigenvalue weighted by atomic mass is 10.1. The molecule has 1 atom stereocenters. The molecule has 0 bridgehead atoms. The quantitative estimate of drug-likeness (QED) is 0.515. The Morgan fingerprint density at radius 3 is 2.78 bits per heavy atom. The van der Waals surface area contributed by atoms with Gasteiger partial charge in [0.15, 0.2) is 0 Å². The van der Waals surface area contributed by atoms with Crippen LogP contribution in [0.4, 0.5) is 11.4 Å². The summed E-state index contributed by atoms with van der Waals surface area (Å²) < 4.78 is 5.69. The molecule has 7 nitrogen and oxygen atoms in total. The number of rotatable bonds is 6. The SMILES string of the molecule is O=[N+]([O-])c1ccc(NCC(c2ccco2)N2CCCCC2)c2ccncc12. The Hall–Kier alpha value is -2.93. The number of nitrogens with zero attached hydrogens (tertiary/aromatic N) is 3. The predicted octanol–water partition coefficient (Wildman–Crippen LogP) is 4.38. The first-order chi connectivity index (χ1) is 13.2. The third-order valence-electron chi connectivity index (χ3n) is 5.18. The van der Waals surface area contributed by atoms with E-state index in [0.717, 1.165) is 29.9 Å². The van der Waals surface area contributed by atoms with Crippen LogP contribution in [0.5, 0.6) is 0 Å². The van der Waals surface area contributed by atoms with Crippen LogP contribution in [-0.4, -0.2) is 34.4 Å². The van der Waals surface area contributed by atoms with Gasteiger partial charge in [0.2, 0.25) is 0 Å². The van der Waals surface area contributed by atoms with Crippen LogP contribution in [0.3, 0.4) is 0 Å². The van der Waals surface area contributed by atoms with E-state index in [-0.39, 0.29) is 16.7 Å². The predicted molar refractivity (Wildman–Crippen MR) is 104 cm³/mol. The van der Waals surface area contributed by atoms with Gasteiger partial charge in [-0.3, -0.25) is 20.0 Å². The van der Waals surface area contributed by atoms with E-state index in [1.54, 1.807) is 24.7 Å².